The number of esters is 1. The second-order valence-corrected chi connectivity index (χ2v) is 14.6. The highest BCUT2D eigenvalue weighted by molar-refractivity contribution is 5.83. The smallest absolute Gasteiger partial charge is 0.410 e. The third kappa shape index (κ3) is 9.26. The maximum Gasteiger partial charge on any atom is 0.410 e. The van der Waals surface area contributed by atoms with Gasteiger partial charge in [0.25, 0.3) is 0 Å². The predicted octanol–water partition coefficient (Wildman–Crippen LogP) is 4.66. The second-order valence-electron chi connectivity index (χ2n) is 14.6. The molecule has 0 radical (unpaired) electrons. The van der Waals surface area contributed by atoms with E-state index in [0.717, 1.165) is 56.9 Å². The molecule has 4 aliphatic rings. The van der Waals surface area contributed by atoms with Gasteiger partial charge in [0.1, 0.15) is 12.2 Å². The molecule has 11 heteroatoms. The zero-order valence-corrected chi connectivity index (χ0v) is 28.4. The zero-order chi connectivity index (χ0) is 33.6. The molecule has 1 aromatic rings. The van der Waals surface area contributed by atoms with Gasteiger partial charge in [0.2, 0.25) is 17.7 Å². The van der Waals surface area contributed by atoms with E-state index >= 15 is 0 Å². The van der Waals surface area contributed by atoms with Crippen LogP contribution in [0.1, 0.15) is 103 Å². The first-order valence-corrected chi connectivity index (χ1v) is 17.6. The summed E-state index contributed by atoms with van der Waals surface area (Å²) in [5, 5.41) is 0. The molecular formula is C36H52N4O7. The van der Waals surface area contributed by atoms with E-state index < -0.39 is 5.60 Å². The van der Waals surface area contributed by atoms with Crippen LogP contribution in [0, 0.1) is 0 Å². The summed E-state index contributed by atoms with van der Waals surface area (Å²) in [5.74, 6) is -0.353. The number of carbonyl (C=O) groups is 5. The van der Waals surface area contributed by atoms with Crippen LogP contribution in [0.4, 0.5) is 4.79 Å². The van der Waals surface area contributed by atoms with Gasteiger partial charge >= 0.3 is 12.1 Å². The summed E-state index contributed by atoms with van der Waals surface area (Å²) in [6, 6.07) is 8.82. The Balaban J connectivity index is 1.10. The highest BCUT2D eigenvalue weighted by atomic mass is 16.6. The van der Waals surface area contributed by atoms with Crippen LogP contribution in [0.15, 0.2) is 30.3 Å². The van der Waals surface area contributed by atoms with Gasteiger partial charge < -0.3 is 29.1 Å². The zero-order valence-electron chi connectivity index (χ0n) is 28.4. The largest absolute Gasteiger partial charge is 0.461 e. The van der Waals surface area contributed by atoms with Crippen molar-refractivity contribution >= 4 is 29.8 Å². The quantitative estimate of drug-likeness (QED) is 0.338. The van der Waals surface area contributed by atoms with Crippen molar-refractivity contribution in [2.45, 2.75) is 134 Å². The maximum atomic E-state index is 13.6. The van der Waals surface area contributed by atoms with Crippen molar-refractivity contribution in [1.82, 2.24) is 19.6 Å². The average molecular weight is 653 g/mol. The molecule has 1 aromatic carbocycles. The number of ether oxygens (including phenoxy) is 2. The molecule has 4 atom stereocenters. The molecule has 0 unspecified atom stereocenters. The fourth-order valence-corrected chi connectivity index (χ4v) is 7.68. The predicted molar refractivity (Wildman–Crippen MR) is 175 cm³/mol. The maximum absolute atomic E-state index is 13.6. The minimum atomic E-state index is -0.598. The number of hydrogen-bond donors (Lipinski definition) is 0. The lowest BCUT2D eigenvalue weighted by atomic mass is 10.1. The molecular weight excluding hydrogens is 600 g/mol. The van der Waals surface area contributed by atoms with Crippen LogP contribution >= 0.6 is 0 Å². The molecule has 0 saturated carbocycles. The van der Waals surface area contributed by atoms with Crippen molar-refractivity contribution in [3.8, 4) is 0 Å². The van der Waals surface area contributed by atoms with Crippen LogP contribution in [0.25, 0.3) is 0 Å². The van der Waals surface area contributed by atoms with E-state index in [0.29, 0.717) is 26.2 Å². The molecule has 0 N–H and O–H groups in total. The highest BCUT2D eigenvalue weighted by Gasteiger charge is 2.40. The van der Waals surface area contributed by atoms with E-state index in [4.69, 9.17) is 9.47 Å². The van der Waals surface area contributed by atoms with Crippen LogP contribution in [-0.4, -0.2) is 105 Å². The van der Waals surface area contributed by atoms with Crippen LogP contribution in [0.2, 0.25) is 0 Å². The van der Waals surface area contributed by atoms with Crippen molar-refractivity contribution in [2.24, 2.45) is 0 Å². The van der Waals surface area contributed by atoms with Crippen molar-refractivity contribution in [3.63, 3.8) is 0 Å². The summed E-state index contributed by atoms with van der Waals surface area (Å²) < 4.78 is 11.0. The molecule has 4 fully saturated rings. The monoisotopic (exact) mass is 652 g/mol. The van der Waals surface area contributed by atoms with Crippen molar-refractivity contribution in [2.75, 3.05) is 26.2 Å². The van der Waals surface area contributed by atoms with Crippen LogP contribution in [-0.2, 0) is 35.3 Å². The molecule has 0 aliphatic carbocycles. The lowest BCUT2D eigenvalue weighted by Crippen LogP contribution is -2.46. The van der Waals surface area contributed by atoms with Gasteiger partial charge in [-0.3, -0.25) is 19.2 Å². The first-order valence-electron chi connectivity index (χ1n) is 17.6. The summed E-state index contributed by atoms with van der Waals surface area (Å²) in [5.41, 5.74) is 0.328. The number of benzene rings is 1. The van der Waals surface area contributed by atoms with Gasteiger partial charge in [-0.25, -0.2) is 4.79 Å². The normalized spacial score (nSPS) is 24.6. The van der Waals surface area contributed by atoms with Gasteiger partial charge in [0.15, 0.2) is 0 Å². The van der Waals surface area contributed by atoms with Gasteiger partial charge in [-0.1, -0.05) is 30.3 Å². The summed E-state index contributed by atoms with van der Waals surface area (Å²) in [7, 11) is 0. The van der Waals surface area contributed by atoms with Crippen molar-refractivity contribution < 1.29 is 33.4 Å². The lowest BCUT2D eigenvalue weighted by Gasteiger charge is -2.32. The summed E-state index contributed by atoms with van der Waals surface area (Å²) in [4.78, 5) is 73.1. The number of rotatable bonds is 10. The minimum absolute atomic E-state index is 0.0105. The Morgan fingerprint density at radius 1 is 0.617 bits per heavy atom. The second kappa shape index (κ2) is 15.5. The summed E-state index contributed by atoms with van der Waals surface area (Å²) in [6.07, 6.45) is 6.96. The van der Waals surface area contributed by atoms with E-state index in [9.17, 15) is 24.0 Å². The van der Waals surface area contributed by atoms with Gasteiger partial charge in [-0.05, 0) is 77.7 Å². The number of amides is 4. The van der Waals surface area contributed by atoms with E-state index in [-0.39, 0.29) is 86.2 Å². The standard InChI is InChI=1S/C36H52N4O7/c1-36(2,3)47-35(45)40-20-10-15-29(40)23-33(43)38-18-8-13-27(38)21-31(41)37-17-7-14-28(37)22-32(42)39-19-9-16-30(39)24-34(44)46-25-26-11-5-4-6-12-26/h4-6,11-12,27-30H,7-10,13-25H2,1-3H3/t27-,28+,29+,30-/m1/s1. The third-order valence-corrected chi connectivity index (χ3v) is 9.97. The molecule has 4 heterocycles. The molecule has 4 amide bonds. The fraction of sp³-hybridized carbons (Fsp3) is 0.694. The van der Waals surface area contributed by atoms with E-state index in [1.54, 1.807) is 4.90 Å². The highest BCUT2D eigenvalue weighted by Crippen LogP contribution is 2.30. The van der Waals surface area contributed by atoms with Gasteiger partial charge in [-0.2, -0.15) is 0 Å². The topological polar surface area (TPSA) is 117 Å². The summed E-state index contributed by atoms with van der Waals surface area (Å²) in [6.45, 7) is 8.15. The molecule has 0 bridgehead atoms. The molecule has 258 valence electrons. The molecule has 11 nitrogen and oxygen atoms in total. The van der Waals surface area contributed by atoms with Crippen LogP contribution < -0.4 is 0 Å². The number of likely N-dealkylation sites (tertiary alicyclic amines) is 4. The van der Waals surface area contributed by atoms with Crippen LogP contribution in [0.3, 0.4) is 0 Å². The van der Waals surface area contributed by atoms with Crippen LogP contribution in [0.5, 0.6) is 0 Å². The molecule has 0 aromatic heterocycles. The van der Waals surface area contributed by atoms with E-state index in [2.05, 4.69) is 0 Å². The Bertz CT molecular complexity index is 1280. The summed E-state index contributed by atoms with van der Waals surface area (Å²) >= 11 is 0. The lowest BCUT2D eigenvalue weighted by molar-refractivity contribution is -0.147. The fourth-order valence-electron chi connectivity index (χ4n) is 7.68. The molecule has 47 heavy (non-hydrogen) atoms. The third-order valence-electron chi connectivity index (χ3n) is 9.97. The van der Waals surface area contributed by atoms with E-state index in [1.165, 1.54) is 0 Å². The Kier molecular flexibility index (Phi) is 11.5. The minimum Gasteiger partial charge on any atom is -0.461 e. The van der Waals surface area contributed by atoms with Gasteiger partial charge in [-0.15, -0.1) is 0 Å². The molecule has 4 saturated heterocycles. The van der Waals surface area contributed by atoms with Gasteiger partial charge in [0.05, 0.1) is 6.42 Å². The number of nitrogens with zero attached hydrogens (tertiary/aromatic N) is 4. The van der Waals surface area contributed by atoms with Crippen molar-refractivity contribution in [1.29, 1.82) is 0 Å². The molecule has 4 aliphatic heterocycles. The molecule has 5 rings (SSSR count). The van der Waals surface area contributed by atoms with Gasteiger partial charge in [0, 0.05) is 69.6 Å². The Labute approximate surface area is 278 Å². The number of carbonyl (C=O) groups excluding carboxylic acids is 5. The Hall–Kier alpha value is -3.63. The van der Waals surface area contributed by atoms with Crippen molar-refractivity contribution in [3.05, 3.63) is 35.9 Å². The Morgan fingerprint density at radius 3 is 1.47 bits per heavy atom. The first-order chi connectivity index (χ1) is 22.5. The first kappa shape index (κ1) is 34.7. The number of hydrogen-bond acceptors (Lipinski definition) is 7. The van der Waals surface area contributed by atoms with E-state index in [1.807, 2.05) is 65.8 Å². The Morgan fingerprint density at radius 2 is 1.02 bits per heavy atom. The average Bonchev–Trinajstić information content (AvgIpc) is 3.83. The SMILES string of the molecule is CC(C)(C)OC(=O)N1CCC[C@H]1CC(=O)N1CCC[C@@H]1CC(=O)N1CCC[C@H]1CC(=O)N1CCC[C@@H]1CC(=O)OCc1ccccc1. The molecule has 0 spiro atoms.